The number of piperidine rings is 1. The molecule has 2 N–H and O–H groups in total. The first-order chi connectivity index (χ1) is 14.1. The van der Waals surface area contributed by atoms with E-state index in [9.17, 15) is 0 Å². The Kier molecular flexibility index (Phi) is 8.19. The molecule has 3 rings (SSSR count). The molecule has 0 bridgehead atoms. The van der Waals surface area contributed by atoms with Crippen molar-refractivity contribution in [2.24, 2.45) is 4.99 Å². The number of guanidine groups is 1. The minimum absolute atomic E-state index is 0.339. The summed E-state index contributed by atoms with van der Waals surface area (Å²) in [6.45, 7) is 6.36. The molecule has 29 heavy (non-hydrogen) atoms. The highest BCUT2D eigenvalue weighted by molar-refractivity contribution is 5.79. The van der Waals surface area contributed by atoms with Crippen LogP contribution >= 0.6 is 0 Å². The molecule has 1 aromatic carbocycles. The average molecular weight is 402 g/mol. The molecule has 1 aliphatic heterocycles. The van der Waals surface area contributed by atoms with Crippen LogP contribution < -0.4 is 15.4 Å². The monoisotopic (exact) mass is 401 g/mol. The van der Waals surface area contributed by atoms with Gasteiger partial charge in [0.1, 0.15) is 5.75 Å². The van der Waals surface area contributed by atoms with Crippen LogP contribution in [0.3, 0.4) is 0 Å². The van der Waals surface area contributed by atoms with Crippen LogP contribution in [0, 0.1) is 0 Å². The summed E-state index contributed by atoms with van der Waals surface area (Å²) < 4.78 is 5.34. The van der Waals surface area contributed by atoms with Gasteiger partial charge in [-0.3, -0.25) is 14.8 Å². The zero-order chi connectivity index (χ0) is 20.6. The van der Waals surface area contributed by atoms with Gasteiger partial charge in [0.05, 0.1) is 13.2 Å². The zero-order valence-corrected chi connectivity index (χ0v) is 18.7. The standard InChI is InChI=1S/C23H39N5O/c1-18(27(3)20-10-11-20)16-25-23(24-2)26-17-22(28-14-6-5-7-15-28)19-8-12-21(29-4)13-9-19/h8-9,12-13,18,20,22H,5-7,10-11,14-17H2,1-4H3,(H2,24,25,26). The summed E-state index contributed by atoms with van der Waals surface area (Å²) in [7, 11) is 5.81. The van der Waals surface area contributed by atoms with Gasteiger partial charge in [0.25, 0.3) is 0 Å². The van der Waals surface area contributed by atoms with Crippen molar-refractivity contribution in [2.75, 3.05) is 47.4 Å². The highest BCUT2D eigenvalue weighted by atomic mass is 16.5. The molecule has 1 saturated heterocycles. The third kappa shape index (κ3) is 6.34. The van der Waals surface area contributed by atoms with Gasteiger partial charge < -0.3 is 15.4 Å². The predicted molar refractivity (Wildman–Crippen MR) is 121 cm³/mol. The number of benzene rings is 1. The van der Waals surface area contributed by atoms with Crippen molar-refractivity contribution in [3.8, 4) is 5.75 Å². The second-order valence-corrected chi connectivity index (χ2v) is 8.47. The molecule has 1 saturated carbocycles. The van der Waals surface area contributed by atoms with E-state index in [2.05, 4.69) is 63.7 Å². The van der Waals surface area contributed by atoms with E-state index in [0.29, 0.717) is 12.1 Å². The molecule has 6 nitrogen and oxygen atoms in total. The molecule has 162 valence electrons. The van der Waals surface area contributed by atoms with E-state index in [4.69, 9.17) is 4.74 Å². The third-order valence-corrected chi connectivity index (χ3v) is 6.40. The van der Waals surface area contributed by atoms with Crippen LogP contribution in [0.1, 0.15) is 50.6 Å². The van der Waals surface area contributed by atoms with Crippen molar-refractivity contribution in [3.63, 3.8) is 0 Å². The fourth-order valence-corrected chi connectivity index (χ4v) is 4.16. The average Bonchev–Trinajstić information content (AvgIpc) is 3.62. The smallest absolute Gasteiger partial charge is 0.191 e. The number of methoxy groups -OCH3 is 1. The molecule has 1 heterocycles. The highest BCUT2D eigenvalue weighted by Gasteiger charge is 2.29. The lowest BCUT2D eigenvalue weighted by Gasteiger charge is -2.35. The second-order valence-electron chi connectivity index (χ2n) is 8.47. The quantitative estimate of drug-likeness (QED) is 0.492. The fraction of sp³-hybridized carbons (Fsp3) is 0.696. The lowest BCUT2D eigenvalue weighted by atomic mass is 10.0. The van der Waals surface area contributed by atoms with Crippen LogP contribution in [0.25, 0.3) is 0 Å². The number of likely N-dealkylation sites (tertiary alicyclic amines) is 1. The highest BCUT2D eigenvalue weighted by Crippen LogP contribution is 2.27. The maximum atomic E-state index is 5.34. The molecule has 2 aliphatic rings. The van der Waals surface area contributed by atoms with Crippen molar-refractivity contribution >= 4 is 5.96 Å². The van der Waals surface area contributed by atoms with Gasteiger partial charge in [0, 0.05) is 32.2 Å². The minimum atomic E-state index is 0.339. The summed E-state index contributed by atoms with van der Waals surface area (Å²) >= 11 is 0. The van der Waals surface area contributed by atoms with E-state index < -0.39 is 0 Å². The lowest BCUT2D eigenvalue weighted by Crippen LogP contribution is -2.48. The van der Waals surface area contributed by atoms with Crippen molar-refractivity contribution in [1.82, 2.24) is 20.4 Å². The van der Waals surface area contributed by atoms with Gasteiger partial charge in [0.15, 0.2) is 5.96 Å². The van der Waals surface area contributed by atoms with Gasteiger partial charge in [-0.25, -0.2) is 0 Å². The summed E-state index contributed by atoms with van der Waals surface area (Å²) in [6.07, 6.45) is 6.59. The molecule has 2 fully saturated rings. The Hall–Kier alpha value is -1.79. The van der Waals surface area contributed by atoms with Crippen molar-refractivity contribution < 1.29 is 4.74 Å². The summed E-state index contributed by atoms with van der Waals surface area (Å²) in [4.78, 5) is 9.54. The van der Waals surface area contributed by atoms with Crippen molar-refractivity contribution in [1.29, 1.82) is 0 Å². The second kappa shape index (κ2) is 10.8. The fourth-order valence-electron chi connectivity index (χ4n) is 4.16. The molecule has 2 unspecified atom stereocenters. The van der Waals surface area contributed by atoms with Gasteiger partial charge in [0.2, 0.25) is 0 Å². The first kappa shape index (κ1) is 21.9. The zero-order valence-electron chi connectivity index (χ0n) is 18.7. The maximum Gasteiger partial charge on any atom is 0.191 e. The number of rotatable bonds is 9. The first-order valence-electron chi connectivity index (χ1n) is 11.2. The number of hydrogen-bond acceptors (Lipinski definition) is 4. The van der Waals surface area contributed by atoms with Crippen LogP contribution in [0.2, 0.25) is 0 Å². The Labute approximate surface area is 176 Å². The number of nitrogens with one attached hydrogen (secondary N) is 2. The Morgan fingerprint density at radius 3 is 2.38 bits per heavy atom. The van der Waals surface area contributed by atoms with Crippen molar-refractivity contribution in [2.45, 2.75) is 57.2 Å². The normalized spacial score (nSPS) is 20.4. The van der Waals surface area contributed by atoms with Gasteiger partial charge in [-0.05, 0) is 70.4 Å². The SMILES string of the molecule is CN=C(NCC(c1ccc(OC)cc1)N1CCCCC1)NCC(C)N(C)C1CC1. The third-order valence-electron chi connectivity index (χ3n) is 6.40. The molecule has 0 aromatic heterocycles. The Morgan fingerprint density at radius 1 is 1.14 bits per heavy atom. The Balaban J connectivity index is 1.58. The summed E-state index contributed by atoms with van der Waals surface area (Å²) in [5, 5.41) is 7.10. The van der Waals surface area contributed by atoms with Crippen LogP contribution in [0.5, 0.6) is 5.75 Å². The van der Waals surface area contributed by atoms with E-state index in [1.165, 1.54) is 37.7 Å². The van der Waals surface area contributed by atoms with Crippen LogP contribution in [0.4, 0.5) is 0 Å². The molecule has 0 amide bonds. The van der Waals surface area contributed by atoms with Gasteiger partial charge >= 0.3 is 0 Å². The molecule has 0 radical (unpaired) electrons. The molecular weight excluding hydrogens is 362 g/mol. The molecule has 2 atom stereocenters. The number of likely N-dealkylation sites (N-methyl/N-ethyl adjacent to an activating group) is 1. The van der Waals surface area contributed by atoms with Crippen LogP contribution in [-0.2, 0) is 0 Å². The lowest BCUT2D eigenvalue weighted by molar-refractivity contribution is 0.164. The molecule has 1 aliphatic carbocycles. The maximum absolute atomic E-state index is 5.34. The Morgan fingerprint density at radius 2 is 1.79 bits per heavy atom. The predicted octanol–water partition coefficient (Wildman–Crippen LogP) is 2.87. The molecule has 0 spiro atoms. The Bertz CT molecular complexity index is 637. The van der Waals surface area contributed by atoms with E-state index >= 15 is 0 Å². The number of nitrogens with zero attached hydrogens (tertiary/aromatic N) is 3. The number of hydrogen-bond donors (Lipinski definition) is 2. The molecular formula is C23H39N5O. The van der Waals surface area contributed by atoms with E-state index in [1.54, 1.807) is 7.11 Å². The first-order valence-corrected chi connectivity index (χ1v) is 11.2. The van der Waals surface area contributed by atoms with Crippen molar-refractivity contribution in [3.05, 3.63) is 29.8 Å². The summed E-state index contributed by atoms with van der Waals surface area (Å²) in [5.74, 6) is 1.79. The minimum Gasteiger partial charge on any atom is -0.497 e. The topological polar surface area (TPSA) is 52.1 Å². The van der Waals surface area contributed by atoms with Gasteiger partial charge in [-0.15, -0.1) is 0 Å². The van der Waals surface area contributed by atoms with E-state index in [0.717, 1.165) is 43.9 Å². The molecule has 6 heteroatoms. The number of ether oxygens (including phenoxy) is 1. The van der Waals surface area contributed by atoms with E-state index in [-0.39, 0.29) is 0 Å². The van der Waals surface area contributed by atoms with Gasteiger partial charge in [-0.2, -0.15) is 0 Å². The largest absolute Gasteiger partial charge is 0.497 e. The molecule has 1 aromatic rings. The summed E-state index contributed by atoms with van der Waals surface area (Å²) in [5.41, 5.74) is 1.33. The number of aliphatic imine (C=N–C) groups is 1. The summed E-state index contributed by atoms with van der Waals surface area (Å²) in [6, 6.07) is 10.1. The van der Waals surface area contributed by atoms with E-state index in [1.807, 2.05) is 7.05 Å². The van der Waals surface area contributed by atoms with Gasteiger partial charge in [-0.1, -0.05) is 18.6 Å². The van der Waals surface area contributed by atoms with Crippen LogP contribution in [-0.4, -0.2) is 75.2 Å². The van der Waals surface area contributed by atoms with Crippen LogP contribution in [0.15, 0.2) is 29.3 Å².